The SMILES string of the molecule is COCCNc1nc(NNc2ccc3cn[nH]c3c2)nc2[nH]ccc12. The van der Waals surface area contributed by atoms with Crippen molar-refractivity contribution in [2.24, 2.45) is 0 Å². The summed E-state index contributed by atoms with van der Waals surface area (Å²) in [5, 5.41) is 12.2. The van der Waals surface area contributed by atoms with E-state index in [-0.39, 0.29) is 0 Å². The lowest BCUT2D eigenvalue weighted by molar-refractivity contribution is 0.210. The molecule has 5 N–H and O–H groups in total. The Bertz CT molecular complexity index is 992. The molecule has 3 heterocycles. The summed E-state index contributed by atoms with van der Waals surface area (Å²) >= 11 is 0. The van der Waals surface area contributed by atoms with Gasteiger partial charge in [-0.25, -0.2) is 0 Å². The molecule has 0 saturated carbocycles. The van der Waals surface area contributed by atoms with Gasteiger partial charge < -0.3 is 15.0 Å². The molecule has 0 radical (unpaired) electrons. The number of aromatic nitrogens is 5. The summed E-state index contributed by atoms with van der Waals surface area (Å²) < 4.78 is 5.07. The van der Waals surface area contributed by atoms with Crippen LogP contribution >= 0.6 is 0 Å². The second kappa shape index (κ2) is 6.65. The van der Waals surface area contributed by atoms with Gasteiger partial charge in [0.05, 0.1) is 29.4 Å². The Morgan fingerprint density at radius 1 is 1.16 bits per heavy atom. The molecular weight excluding hydrogens is 320 g/mol. The van der Waals surface area contributed by atoms with Crippen molar-refractivity contribution in [1.82, 2.24) is 25.1 Å². The van der Waals surface area contributed by atoms with Crippen LogP contribution in [-0.4, -0.2) is 45.4 Å². The van der Waals surface area contributed by atoms with Crippen molar-refractivity contribution < 1.29 is 4.74 Å². The molecule has 1 aromatic carbocycles. The molecule has 0 aliphatic carbocycles. The van der Waals surface area contributed by atoms with Gasteiger partial charge in [0, 0.05) is 25.2 Å². The summed E-state index contributed by atoms with van der Waals surface area (Å²) in [7, 11) is 1.67. The second-order valence-electron chi connectivity index (χ2n) is 5.48. The Hall–Kier alpha value is -3.33. The van der Waals surface area contributed by atoms with Gasteiger partial charge >= 0.3 is 0 Å². The van der Waals surface area contributed by atoms with Gasteiger partial charge in [0.1, 0.15) is 11.5 Å². The first-order valence-corrected chi connectivity index (χ1v) is 7.86. The molecule has 4 rings (SSSR count). The molecule has 0 saturated heterocycles. The van der Waals surface area contributed by atoms with Crippen LogP contribution in [0.3, 0.4) is 0 Å². The lowest BCUT2D eigenvalue weighted by atomic mass is 10.2. The van der Waals surface area contributed by atoms with Crippen LogP contribution in [0.25, 0.3) is 21.9 Å². The Morgan fingerprint density at radius 3 is 3.04 bits per heavy atom. The van der Waals surface area contributed by atoms with Crippen LogP contribution in [0.4, 0.5) is 17.5 Å². The first-order valence-electron chi connectivity index (χ1n) is 7.86. The first-order chi connectivity index (χ1) is 12.3. The number of nitrogens with zero attached hydrogens (tertiary/aromatic N) is 3. The van der Waals surface area contributed by atoms with E-state index in [4.69, 9.17) is 4.74 Å². The highest BCUT2D eigenvalue weighted by molar-refractivity contribution is 5.88. The van der Waals surface area contributed by atoms with Crippen LogP contribution in [0.2, 0.25) is 0 Å². The highest BCUT2D eigenvalue weighted by Gasteiger charge is 2.08. The molecule has 9 nitrogen and oxygen atoms in total. The molecule has 25 heavy (non-hydrogen) atoms. The number of H-pyrrole nitrogens is 2. The minimum absolute atomic E-state index is 0.458. The quantitative estimate of drug-likeness (QED) is 0.259. The lowest BCUT2D eigenvalue weighted by Gasteiger charge is -2.11. The number of hydrogen-bond acceptors (Lipinski definition) is 7. The largest absolute Gasteiger partial charge is 0.383 e. The van der Waals surface area contributed by atoms with Gasteiger partial charge in [-0.15, -0.1) is 0 Å². The molecule has 0 fully saturated rings. The van der Waals surface area contributed by atoms with E-state index in [1.54, 1.807) is 13.3 Å². The lowest BCUT2D eigenvalue weighted by Crippen LogP contribution is -2.14. The smallest absolute Gasteiger partial charge is 0.245 e. The van der Waals surface area contributed by atoms with Crippen molar-refractivity contribution in [3.8, 4) is 0 Å². The van der Waals surface area contributed by atoms with Crippen LogP contribution in [0.5, 0.6) is 0 Å². The normalized spacial score (nSPS) is 11.1. The monoisotopic (exact) mass is 338 g/mol. The molecule has 0 aliphatic rings. The zero-order valence-corrected chi connectivity index (χ0v) is 13.6. The minimum Gasteiger partial charge on any atom is -0.383 e. The molecule has 3 aromatic heterocycles. The van der Waals surface area contributed by atoms with Gasteiger partial charge in [-0.05, 0) is 24.3 Å². The zero-order valence-electron chi connectivity index (χ0n) is 13.6. The topological polar surface area (TPSA) is 116 Å². The summed E-state index contributed by atoms with van der Waals surface area (Å²) in [5.74, 6) is 1.20. The predicted molar refractivity (Wildman–Crippen MR) is 97.6 cm³/mol. The van der Waals surface area contributed by atoms with E-state index in [9.17, 15) is 0 Å². The highest BCUT2D eigenvalue weighted by Crippen LogP contribution is 2.21. The molecule has 0 bridgehead atoms. The van der Waals surface area contributed by atoms with E-state index in [2.05, 4.69) is 41.3 Å². The van der Waals surface area contributed by atoms with Gasteiger partial charge in [0.25, 0.3) is 0 Å². The summed E-state index contributed by atoms with van der Waals surface area (Å²) in [6.07, 6.45) is 3.62. The maximum Gasteiger partial charge on any atom is 0.245 e. The van der Waals surface area contributed by atoms with Crippen molar-refractivity contribution in [3.05, 3.63) is 36.7 Å². The Labute approximate surface area is 143 Å². The van der Waals surface area contributed by atoms with Crippen LogP contribution in [0.1, 0.15) is 0 Å². The third-order valence-corrected chi connectivity index (χ3v) is 3.77. The van der Waals surface area contributed by atoms with Gasteiger partial charge in [-0.1, -0.05) is 0 Å². The second-order valence-corrected chi connectivity index (χ2v) is 5.48. The van der Waals surface area contributed by atoms with E-state index in [0.717, 1.165) is 33.4 Å². The Kier molecular flexibility index (Phi) is 4.05. The van der Waals surface area contributed by atoms with Crippen molar-refractivity contribution in [2.45, 2.75) is 0 Å². The third kappa shape index (κ3) is 3.17. The van der Waals surface area contributed by atoms with Crippen molar-refractivity contribution in [1.29, 1.82) is 0 Å². The number of rotatable bonds is 7. The fourth-order valence-electron chi connectivity index (χ4n) is 2.55. The molecule has 0 spiro atoms. The molecule has 128 valence electrons. The number of anilines is 3. The summed E-state index contributed by atoms with van der Waals surface area (Å²) in [5.41, 5.74) is 8.72. The van der Waals surface area contributed by atoms with Crippen LogP contribution < -0.4 is 16.2 Å². The number of aromatic amines is 2. The average Bonchev–Trinajstić information content (AvgIpc) is 3.28. The number of hydrogen-bond donors (Lipinski definition) is 5. The number of fused-ring (bicyclic) bond motifs is 2. The van der Waals surface area contributed by atoms with Crippen molar-refractivity contribution in [2.75, 3.05) is 36.4 Å². The van der Waals surface area contributed by atoms with Gasteiger partial charge in [0.15, 0.2) is 0 Å². The van der Waals surface area contributed by atoms with Crippen molar-refractivity contribution >= 4 is 39.4 Å². The van der Waals surface area contributed by atoms with Crippen LogP contribution in [-0.2, 0) is 4.74 Å². The zero-order chi connectivity index (χ0) is 17.1. The minimum atomic E-state index is 0.458. The van der Waals surface area contributed by atoms with Crippen LogP contribution in [0.15, 0.2) is 36.7 Å². The molecule has 0 aliphatic heterocycles. The number of ether oxygens (including phenoxy) is 1. The number of methoxy groups -OCH3 is 1. The first kappa shape index (κ1) is 15.2. The predicted octanol–water partition coefficient (Wildman–Crippen LogP) is 2.33. The molecule has 0 unspecified atom stereocenters. The fourth-order valence-corrected chi connectivity index (χ4v) is 2.55. The summed E-state index contributed by atoms with van der Waals surface area (Å²) in [6, 6.07) is 7.83. The van der Waals surface area contributed by atoms with E-state index < -0.39 is 0 Å². The standard InChI is InChI=1S/C16H18N8O/c1-25-7-6-18-15-12-4-5-17-14(12)20-16(21-15)24-22-11-3-2-10-9-19-23-13(10)8-11/h2-5,8-9,22H,6-7H2,1H3,(H,19,23)(H3,17,18,20,21,24). The van der Waals surface area contributed by atoms with Crippen LogP contribution in [0, 0.1) is 0 Å². The van der Waals surface area contributed by atoms with Gasteiger partial charge in [-0.3, -0.25) is 16.0 Å². The maximum absolute atomic E-state index is 5.07. The maximum atomic E-state index is 5.07. The molecule has 4 aromatic rings. The number of hydrazine groups is 1. The molecular formula is C16H18N8O. The highest BCUT2D eigenvalue weighted by atomic mass is 16.5. The van der Waals surface area contributed by atoms with E-state index >= 15 is 0 Å². The number of benzene rings is 1. The Balaban J connectivity index is 1.53. The number of nitrogens with one attached hydrogen (secondary N) is 5. The van der Waals surface area contributed by atoms with Crippen molar-refractivity contribution in [3.63, 3.8) is 0 Å². The van der Waals surface area contributed by atoms with E-state index in [1.165, 1.54) is 0 Å². The molecule has 0 atom stereocenters. The van der Waals surface area contributed by atoms with Gasteiger partial charge in [0.2, 0.25) is 5.95 Å². The van der Waals surface area contributed by atoms with Gasteiger partial charge in [-0.2, -0.15) is 15.1 Å². The third-order valence-electron chi connectivity index (χ3n) is 3.77. The Morgan fingerprint density at radius 2 is 2.12 bits per heavy atom. The fraction of sp³-hybridized carbons (Fsp3) is 0.188. The molecule has 0 amide bonds. The van der Waals surface area contributed by atoms with E-state index in [0.29, 0.717) is 19.1 Å². The average molecular weight is 338 g/mol. The summed E-state index contributed by atoms with van der Waals surface area (Å²) in [4.78, 5) is 12.1. The molecule has 9 heteroatoms. The van der Waals surface area contributed by atoms with E-state index in [1.807, 2.05) is 30.5 Å². The summed E-state index contributed by atoms with van der Waals surface area (Å²) in [6.45, 7) is 1.26.